The van der Waals surface area contributed by atoms with Gasteiger partial charge in [-0.1, -0.05) is 30.9 Å². The molecule has 1 aromatic rings. The normalized spacial score (nSPS) is 22.6. The number of hydrogen-bond acceptors (Lipinski definition) is 3. The van der Waals surface area contributed by atoms with Gasteiger partial charge < -0.3 is 5.73 Å². The van der Waals surface area contributed by atoms with Crippen molar-refractivity contribution in [1.29, 1.82) is 0 Å². The lowest BCUT2D eigenvalue weighted by Crippen LogP contribution is -2.11. The average molecular weight is 234 g/mol. The molecule has 1 aromatic heterocycles. The summed E-state index contributed by atoms with van der Waals surface area (Å²) in [7, 11) is 0. The van der Waals surface area contributed by atoms with Gasteiger partial charge in [-0.05, 0) is 25.7 Å². The minimum absolute atomic E-state index is 0.593. The number of hydrogen-bond donors (Lipinski definition) is 1. The van der Waals surface area contributed by atoms with Gasteiger partial charge in [0.05, 0.1) is 17.4 Å². The highest BCUT2D eigenvalue weighted by Crippen LogP contribution is 2.38. The molecule has 1 heterocycles. The summed E-state index contributed by atoms with van der Waals surface area (Å²) in [6.07, 6.45) is 10.5. The van der Waals surface area contributed by atoms with Crippen LogP contribution in [0.3, 0.4) is 0 Å². The maximum atomic E-state index is 5.91. The Hall–Kier alpha value is -0.900. The summed E-state index contributed by atoms with van der Waals surface area (Å²) in [6.45, 7) is 0.593. The quantitative estimate of drug-likeness (QED) is 0.817. The average Bonchev–Trinajstić information content (AvgIpc) is 3.14. The molecule has 0 atom stereocenters. The maximum Gasteiger partial charge on any atom is 0.0903 e. The van der Waals surface area contributed by atoms with E-state index in [2.05, 4.69) is 15.0 Å². The Balaban J connectivity index is 1.85. The van der Waals surface area contributed by atoms with Gasteiger partial charge in [0.25, 0.3) is 0 Å². The lowest BCUT2D eigenvalue weighted by Gasteiger charge is -2.13. The molecule has 4 heteroatoms. The molecule has 94 valence electrons. The van der Waals surface area contributed by atoms with E-state index in [1.54, 1.807) is 0 Å². The van der Waals surface area contributed by atoms with Gasteiger partial charge in [0, 0.05) is 12.5 Å². The third-order valence-electron chi connectivity index (χ3n) is 4.15. The highest BCUT2D eigenvalue weighted by atomic mass is 15.5. The molecular formula is C13H22N4. The molecule has 0 radical (unpaired) electrons. The maximum absolute atomic E-state index is 5.91. The Kier molecular flexibility index (Phi) is 3.14. The predicted octanol–water partition coefficient (Wildman–Crippen LogP) is 2.51. The van der Waals surface area contributed by atoms with Crippen molar-refractivity contribution in [2.75, 3.05) is 0 Å². The van der Waals surface area contributed by atoms with Gasteiger partial charge in [0.1, 0.15) is 0 Å². The third kappa shape index (κ3) is 2.23. The van der Waals surface area contributed by atoms with Crippen molar-refractivity contribution in [2.24, 2.45) is 5.73 Å². The van der Waals surface area contributed by atoms with Gasteiger partial charge in [-0.25, -0.2) is 4.68 Å². The van der Waals surface area contributed by atoms with Crippen LogP contribution >= 0.6 is 0 Å². The molecule has 3 rings (SSSR count). The molecular weight excluding hydrogens is 212 g/mol. The Morgan fingerprint density at radius 2 is 1.76 bits per heavy atom. The van der Waals surface area contributed by atoms with Crippen molar-refractivity contribution >= 4 is 0 Å². The first kappa shape index (κ1) is 11.2. The Labute approximate surface area is 103 Å². The second kappa shape index (κ2) is 4.77. The largest absolute Gasteiger partial charge is 0.325 e. The van der Waals surface area contributed by atoms with Gasteiger partial charge in [0.15, 0.2) is 0 Å². The van der Waals surface area contributed by atoms with Crippen molar-refractivity contribution in [1.82, 2.24) is 15.0 Å². The molecule has 2 aliphatic carbocycles. The summed E-state index contributed by atoms with van der Waals surface area (Å²) in [5.41, 5.74) is 8.32. The second-order valence-corrected chi connectivity index (χ2v) is 5.49. The highest BCUT2D eigenvalue weighted by Gasteiger charge is 2.30. The minimum Gasteiger partial charge on any atom is -0.325 e. The smallest absolute Gasteiger partial charge is 0.0903 e. The molecule has 2 saturated carbocycles. The van der Waals surface area contributed by atoms with Crippen molar-refractivity contribution in [3.8, 4) is 0 Å². The molecule has 17 heavy (non-hydrogen) atoms. The van der Waals surface area contributed by atoms with E-state index in [-0.39, 0.29) is 0 Å². The lowest BCUT2D eigenvalue weighted by atomic mass is 9.95. The summed E-state index contributed by atoms with van der Waals surface area (Å²) >= 11 is 0. The molecule has 0 aliphatic heterocycles. The van der Waals surface area contributed by atoms with Crippen LogP contribution < -0.4 is 5.73 Å². The summed E-state index contributed by atoms with van der Waals surface area (Å²) in [5.74, 6) is 0.614. The molecule has 0 aromatic carbocycles. The molecule has 2 aliphatic rings. The summed E-state index contributed by atoms with van der Waals surface area (Å²) < 4.78 is 2.10. The van der Waals surface area contributed by atoms with E-state index in [0.717, 1.165) is 0 Å². The van der Waals surface area contributed by atoms with Crippen molar-refractivity contribution in [2.45, 2.75) is 69.9 Å². The minimum atomic E-state index is 0.593. The fourth-order valence-electron chi connectivity index (χ4n) is 3.01. The van der Waals surface area contributed by atoms with Crippen LogP contribution in [0, 0.1) is 0 Å². The topological polar surface area (TPSA) is 56.7 Å². The first-order chi connectivity index (χ1) is 8.40. The van der Waals surface area contributed by atoms with Crippen LogP contribution in [-0.2, 0) is 6.54 Å². The van der Waals surface area contributed by atoms with E-state index in [9.17, 15) is 0 Å². The van der Waals surface area contributed by atoms with Crippen LogP contribution in [0.25, 0.3) is 0 Å². The SMILES string of the molecule is NCc1c(C2CCCCCC2)nnn1C1CC1. The van der Waals surface area contributed by atoms with Gasteiger partial charge in [-0.3, -0.25) is 0 Å². The van der Waals surface area contributed by atoms with Gasteiger partial charge in [-0.15, -0.1) is 5.10 Å². The van der Waals surface area contributed by atoms with Crippen molar-refractivity contribution in [3.05, 3.63) is 11.4 Å². The zero-order valence-electron chi connectivity index (χ0n) is 10.4. The zero-order valence-corrected chi connectivity index (χ0v) is 10.4. The molecule has 0 amide bonds. The first-order valence-corrected chi connectivity index (χ1v) is 7.04. The molecule has 0 unspecified atom stereocenters. The monoisotopic (exact) mass is 234 g/mol. The third-order valence-corrected chi connectivity index (χ3v) is 4.15. The van der Waals surface area contributed by atoms with E-state index in [1.165, 1.54) is 62.8 Å². The fraction of sp³-hybridized carbons (Fsp3) is 0.846. The number of aromatic nitrogens is 3. The van der Waals surface area contributed by atoms with Crippen molar-refractivity contribution in [3.63, 3.8) is 0 Å². The summed E-state index contributed by atoms with van der Waals surface area (Å²) in [6, 6.07) is 0.598. The van der Waals surface area contributed by atoms with E-state index >= 15 is 0 Å². The summed E-state index contributed by atoms with van der Waals surface area (Å²) in [4.78, 5) is 0. The molecule has 2 N–H and O–H groups in total. The molecule has 0 saturated heterocycles. The van der Waals surface area contributed by atoms with Gasteiger partial charge >= 0.3 is 0 Å². The summed E-state index contributed by atoms with van der Waals surface area (Å²) in [5, 5.41) is 8.79. The highest BCUT2D eigenvalue weighted by molar-refractivity contribution is 5.17. The van der Waals surface area contributed by atoms with Gasteiger partial charge in [0.2, 0.25) is 0 Å². The van der Waals surface area contributed by atoms with Crippen LogP contribution in [-0.4, -0.2) is 15.0 Å². The van der Waals surface area contributed by atoms with E-state index < -0.39 is 0 Å². The molecule has 2 fully saturated rings. The molecule has 0 bridgehead atoms. The fourth-order valence-corrected chi connectivity index (χ4v) is 3.01. The first-order valence-electron chi connectivity index (χ1n) is 7.04. The number of nitrogens with two attached hydrogens (primary N) is 1. The van der Waals surface area contributed by atoms with Crippen molar-refractivity contribution < 1.29 is 0 Å². The Morgan fingerprint density at radius 1 is 1.06 bits per heavy atom. The lowest BCUT2D eigenvalue weighted by molar-refractivity contribution is 0.569. The van der Waals surface area contributed by atoms with E-state index in [1.807, 2.05) is 0 Å². The van der Waals surface area contributed by atoms with Crippen LogP contribution in [0.1, 0.15) is 74.7 Å². The van der Waals surface area contributed by atoms with Gasteiger partial charge in [-0.2, -0.15) is 0 Å². The van der Waals surface area contributed by atoms with E-state index in [0.29, 0.717) is 18.5 Å². The Bertz CT molecular complexity index is 373. The zero-order chi connectivity index (χ0) is 11.7. The van der Waals surface area contributed by atoms with Crippen LogP contribution in [0.2, 0.25) is 0 Å². The van der Waals surface area contributed by atoms with E-state index in [4.69, 9.17) is 5.73 Å². The van der Waals surface area contributed by atoms with Crippen LogP contribution in [0.5, 0.6) is 0 Å². The number of nitrogens with zero attached hydrogens (tertiary/aromatic N) is 3. The predicted molar refractivity (Wildman–Crippen MR) is 66.6 cm³/mol. The standard InChI is InChI=1S/C13H22N4/c14-9-12-13(10-5-3-1-2-4-6-10)15-16-17(12)11-7-8-11/h10-11H,1-9,14H2. The second-order valence-electron chi connectivity index (χ2n) is 5.49. The Morgan fingerprint density at radius 3 is 2.35 bits per heavy atom. The molecule has 0 spiro atoms. The van der Waals surface area contributed by atoms with Crippen LogP contribution in [0.15, 0.2) is 0 Å². The molecule has 4 nitrogen and oxygen atoms in total. The van der Waals surface area contributed by atoms with Crippen LogP contribution in [0.4, 0.5) is 0 Å². The number of rotatable bonds is 3.